The predicted octanol–water partition coefficient (Wildman–Crippen LogP) is 4.88. The highest BCUT2D eigenvalue weighted by molar-refractivity contribution is 5.80. The Morgan fingerprint density at radius 2 is 1.70 bits per heavy atom. The van der Waals surface area contributed by atoms with Crippen LogP contribution in [0.3, 0.4) is 0 Å². The van der Waals surface area contributed by atoms with Crippen LogP contribution in [0.15, 0.2) is 30.5 Å². The summed E-state index contributed by atoms with van der Waals surface area (Å²) in [4.78, 5) is 0. The van der Waals surface area contributed by atoms with E-state index in [0.717, 1.165) is 12.1 Å². The second-order valence-electron chi connectivity index (χ2n) is 5.68. The van der Waals surface area contributed by atoms with Gasteiger partial charge in [-0.2, -0.15) is 0 Å². The van der Waals surface area contributed by atoms with Crippen LogP contribution in [-0.4, -0.2) is 9.67 Å². The summed E-state index contributed by atoms with van der Waals surface area (Å²) in [7, 11) is 0. The second kappa shape index (κ2) is 8.11. The molecule has 0 unspecified atom stereocenters. The summed E-state index contributed by atoms with van der Waals surface area (Å²) in [5.41, 5.74) is 2.25. The third kappa shape index (κ3) is 4.11. The van der Waals surface area contributed by atoms with Crippen LogP contribution in [0.1, 0.15) is 57.4 Å². The molecular formula is C18H27NO. The molecule has 0 atom stereocenters. The van der Waals surface area contributed by atoms with E-state index in [4.69, 9.17) is 0 Å². The molecule has 0 aliphatic carbocycles. The van der Waals surface area contributed by atoms with Crippen LogP contribution in [0.4, 0.5) is 0 Å². The van der Waals surface area contributed by atoms with Crippen LogP contribution in [-0.2, 0) is 13.2 Å². The Bertz CT molecular complexity index is 515. The number of unbranched alkanes of at least 4 members (excludes halogenated alkanes) is 6. The standard InChI is InChI=1S/C18H27NO/c1-2-3-4-5-6-7-8-12-19-13-11-17-10-9-16(15-20)14-18(17)19/h9-11,13-14,20H,2-8,12,15H2,1H3. The minimum atomic E-state index is 0.124. The van der Waals surface area contributed by atoms with Crippen LogP contribution < -0.4 is 0 Å². The molecule has 0 saturated heterocycles. The smallest absolute Gasteiger partial charge is 0.0682 e. The van der Waals surface area contributed by atoms with Crippen LogP contribution in [0.25, 0.3) is 10.9 Å². The third-order valence-electron chi connectivity index (χ3n) is 4.02. The minimum absolute atomic E-state index is 0.124. The molecule has 0 bridgehead atoms. The Hall–Kier alpha value is -1.28. The molecule has 0 aliphatic heterocycles. The van der Waals surface area contributed by atoms with Crippen molar-refractivity contribution in [2.24, 2.45) is 0 Å². The van der Waals surface area contributed by atoms with Crippen LogP contribution in [0.2, 0.25) is 0 Å². The van der Waals surface area contributed by atoms with Gasteiger partial charge in [0.15, 0.2) is 0 Å². The average Bonchev–Trinajstić information content (AvgIpc) is 2.88. The summed E-state index contributed by atoms with van der Waals surface area (Å²) in [6.45, 7) is 3.47. The molecule has 110 valence electrons. The number of rotatable bonds is 9. The van der Waals surface area contributed by atoms with Crippen molar-refractivity contribution in [3.8, 4) is 0 Å². The summed E-state index contributed by atoms with van der Waals surface area (Å²) in [6, 6.07) is 8.37. The van der Waals surface area contributed by atoms with E-state index < -0.39 is 0 Å². The summed E-state index contributed by atoms with van der Waals surface area (Å²) in [5.74, 6) is 0. The van der Waals surface area contributed by atoms with Crippen molar-refractivity contribution < 1.29 is 5.11 Å². The van der Waals surface area contributed by atoms with Crippen molar-refractivity contribution in [2.45, 2.75) is 65.0 Å². The predicted molar refractivity (Wildman–Crippen MR) is 85.9 cm³/mol. The molecule has 1 aromatic carbocycles. The largest absolute Gasteiger partial charge is 0.392 e. The highest BCUT2D eigenvalue weighted by Crippen LogP contribution is 2.19. The number of aliphatic hydroxyl groups excluding tert-OH is 1. The molecule has 2 rings (SSSR count). The van der Waals surface area contributed by atoms with Crippen molar-refractivity contribution in [2.75, 3.05) is 0 Å². The number of hydrogen-bond donors (Lipinski definition) is 1. The number of aromatic nitrogens is 1. The first kappa shape index (κ1) is 15.1. The molecule has 2 nitrogen and oxygen atoms in total. The molecule has 0 saturated carbocycles. The fourth-order valence-corrected chi connectivity index (χ4v) is 2.76. The quantitative estimate of drug-likeness (QED) is 0.647. The number of aryl methyl sites for hydroxylation is 1. The van der Waals surface area contributed by atoms with Gasteiger partial charge in [0, 0.05) is 18.3 Å². The summed E-state index contributed by atoms with van der Waals surface area (Å²) in [5, 5.41) is 10.5. The van der Waals surface area contributed by atoms with Crippen LogP contribution in [0.5, 0.6) is 0 Å². The molecule has 2 aromatic rings. The monoisotopic (exact) mass is 273 g/mol. The number of hydrogen-bond acceptors (Lipinski definition) is 1. The lowest BCUT2D eigenvalue weighted by atomic mass is 10.1. The maximum Gasteiger partial charge on any atom is 0.0682 e. The van der Waals surface area contributed by atoms with Gasteiger partial charge in [0.1, 0.15) is 0 Å². The highest BCUT2D eigenvalue weighted by atomic mass is 16.3. The number of aliphatic hydroxyl groups is 1. The van der Waals surface area contributed by atoms with Gasteiger partial charge in [0.25, 0.3) is 0 Å². The number of nitrogens with zero attached hydrogens (tertiary/aromatic N) is 1. The molecular weight excluding hydrogens is 246 g/mol. The molecule has 1 N–H and O–H groups in total. The van der Waals surface area contributed by atoms with E-state index in [0.29, 0.717) is 0 Å². The summed E-state index contributed by atoms with van der Waals surface area (Å²) in [6.07, 6.45) is 11.6. The molecule has 0 spiro atoms. The van der Waals surface area contributed by atoms with Gasteiger partial charge in [-0.3, -0.25) is 0 Å². The molecule has 0 aliphatic rings. The van der Waals surface area contributed by atoms with Crippen molar-refractivity contribution in [1.29, 1.82) is 0 Å². The van der Waals surface area contributed by atoms with Gasteiger partial charge in [-0.05, 0) is 29.5 Å². The van der Waals surface area contributed by atoms with Crippen molar-refractivity contribution in [1.82, 2.24) is 4.57 Å². The SMILES string of the molecule is CCCCCCCCCn1ccc2ccc(CO)cc21. The van der Waals surface area contributed by atoms with E-state index >= 15 is 0 Å². The Kier molecular flexibility index (Phi) is 6.13. The van der Waals surface area contributed by atoms with E-state index in [9.17, 15) is 5.11 Å². The first-order valence-corrected chi connectivity index (χ1v) is 8.03. The molecule has 0 fully saturated rings. The fraction of sp³-hybridized carbons (Fsp3) is 0.556. The van der Waals surface area contributed by atoms with E-state index in [1.807, 2.05) is 6.07 Å². The molecule has 0 radical (unpaired) electrons. The first-order chi connectivity index (χ1) is 9.85. The maximum atomic E-state index is 9.23. The molecule has 2 heteroatoms. The first-order valence-electron chi connectivity index (χ1n) is 8.03. The van der Waals surface area contributed by atoms with Crippen LogP contribution in [0, 0.1) is 0 Å². The van der Waals surface area contributed by atoms with Crippen molar-refractivity contribution in [3.63, 3.8) is 0 Å². The van der Waals surface area contributed by atoms with Crippen LogP contribution >= 0.6 is 0 Å². The topological polar surface area (TPSA) is 25.2 Å². The number of benzene rings is 1. The van der Waals surface area contributed by atoms with Gasteiger partial charge >= 0.3 is 0 Å². The summed E-state index contributed by atoms with van der Waals surface area (Å²) < 4.78 is 2.32. The van der Waals surface area contributed by atoms with Gasteiger partial charge in [0.05, 0.1) is 6.61 Å². The Morgan fingerprint density at radius 1 is 0.950 bits per heavy atom. The molecule has 0 amide bonds. The second-order valence-corrected chi connectivity index (χ2v) is 5.68. The maximum absolute atomic E-state index is 9.23. The van der Waals surface area contributed by atoms with Gasteiger partial charge < -0.3 is 9.67 Å². The van der Waals surface area contributed by atoms with Gasteiger partial charge in [-0.15, -0.1) is 0 Å². The minimum Gasteiger partial charge on any atom is -0.392 e. The van der Waals surface area contributed by atoms with E-state index in [-0.39, 0.29) is 6.61 Å². The zero-order valence-corrected chi connectivity index (χ0v) is 12.6. The summed E-state index contributed by atoms with van der Waals surface area (Å²) >= 11 is 0. The Morgan fingerprint density at radius 3 is 2.45 bits per heavy atom. The lowest BCUT2D eigenvalue weighted by Gasteiger charge is -2.06. The van der Waals surface area contributed by atoms with Gasteiger partial charge in [-0.25, -0.2) is 0 Å². The lowest BCUT2D eigenvalue weighted by molar-refractivity contribution is 0.282. The number of fused-ring (bicyclic) bond motifs is 1. The van der Waals surface area contributed by atoms with Gasteiger partial charge in [-0.1, -0.05) is 57.6 Å². The third-order valence-corrected chi connectivity index (χ3v) is 4.02. The van der Waals surface area contributed by atoms with Gasteiger partial charge in [0.2, 0.25) is 0 Å². The lowest BCUT2D eigenvalue weighted by Crippen LogP contribution is -1.96. The zero-order valence-electron chi connectivity index (χ0n) is 12.6. The highest BCUT2D eigenvalue weighted by Gasteiger charge is 2.02. The average molecular weight is 273 g/mol. The normalized spacial score (nSPS) is 11.3. The fourth-order valence-electron chi connectivity index (χ4n) is 2.76. The zero-order chi connectivity index (χ0) is 14.2. The molecule has 1 heterocycles. The van der Waals surface area contributed by atoms with E-state index in [2.05, 4.69) is 35.9 Å². The van der Waals surface area contributed by atoms with E-state index in [1.54, 1.807) is 0 Å². The molecule has 1 aromatic heterocycles. The van der Waals surface area contributed by atoms with E-state index in [1.165, 1.54) is 55.8 Å². The molecule has 20 heavy (non-hydrogen) atoms. The Labute approximate surface area is 122 Å². The Balaban J connectivity index is 1.81. The van der Waals surface area contributed by atoms with Crippen molar-refractivity contribution in [3.05, 3.63) is 36.0 Å². The van der Waals surface area contributed by atoms with Crippen molar-refractivity contribution >= 4 is 10.9 Å².